The molecule has 0 saturated carbocycles. The lowest BCUT2D eigenvalue weighted by atomic mass is 10.2. The van der Waals surface area contributed by atoms with Crippen molar-refractivity contribution in [2.24, 2.45) is 0 Å². The maximum absolute atomic E-state index is 11.9. The normalized spacial score (nSPS) is 11.6. The number of phenolic OH excluding ortho intramolecular Hbond substituents is 1. The molecule has 4 nitrogen and oxygen atoms in total. The molecule has 0 atom stereocenters. The number of hydrogen-bond acceptors (Lipinski definition) is 4. The van der Waals surface area contributed by atoms with Gasteiger partial charge >= 0.3 is 0 Å². The van der Waals surface area contributed by atoms with Gasteiger partial charge in [0.1, 0.15) is 9.96 Å². The monoisotopic (exact) mass is 347 g/mol. The second-order valence-electron chi connectivity index (χ2n) is 3.51. The van der Waals surface area contributed by atoms with E-state index < -0.39 is 10.0 Å². The van der Waals surface area contributed by atoms with Crippen molar-refractivity contribution < 1.29 is 13.5 Å². The Balaban J connectivity index is 2.13. The first kappa shape index (κ1) is 13.5. The smallest absolute Gasteiger partial charge is 0.250 e. The molecule has 1 aromatic carbocycles. The number of phenols is 1. The molecule has 2 rings (SSSR count). The van der Waals surface area contributed by atoms with E-state index in [0.29, 0.717) is 5.56 Å². The van der Waals surface area contributed by atoms with Gasteiger partial charge in [-0.15, -0.1) is 11.3 Å². The lowest BCUT2D eigenvalue weighted by Crippen LogP contribution is -2.22. The standard InChI is InChI=1S/C11H10BrNO3S2/c12-10-5-6-11(17-10)18(15,16)13-7-8-3-1-2-4-9(8)14/h1-6,13-14H,7H2. The van der Waals surface area contributed by atoms with E-state index in [2.05, 4.69) is 20.7 Å². The number of aromatic hydroxyl groups is 1. The van der Waals surface area contributed by atoms with Crippen LogP contribution in [0.5, 0.6) is 5.75 Å². The topological polar surface area (TPSA) is 66.4 Å². The van der Waals surface area contributed by atoms with Gasteiger partial charge in [0, 0.05) is 12.1 Å². The number of sulfonamides is 1. The van der Waals surface area contributed by atoms with Crippen molar-refractivity contribution in [1.29, 1.82) is 0 Å². The van der Waals surface area contributed by atoms with E-state index in [4.69, 9.17) is 0 Å². The van der Waals surface area contributed by atoms with Gasteiger partial charge in [-0.1, -0.05) is 18.2 Å². The lowest BCUT2D eigenvalue weighted by molar-refractivity contribution is 0.467. The Hall–Kier alpha value is -0.890. The van der Waals surface area contributed by atoms with Gasteiger partial charge in [0.05, 0.1) is 3.79 Å². The predicted octanol–water partition coefficient (Wildman–Crippen LogP) is 2.69. The van der Waals surface area contributed by atoms with Crippen LogP contribution in [0.1, 0.15) is 5.56 Å². The van der Waals surface area contributed by atoms with Gasteiger partial charge < -0.3 is 5.11 Å². The van der Waals surface area contributed by atoms with Crippen LogP contribution >= 0.6 is 27.3 Å². The van der Waals surface area contributed by atoms with Crippen molar-refractivity contribution in [1.82, 2.24) is 4.72 Å². The summed E-state index contributed by atoms with van der Waals surface area (Å²) in [6, 6.07) is 9.82. The van der Waals surface area contributed by atoms with E-state index in [-0.39, 0.29) is 16.5 Å². The van der Waals surface area contributed by atoms with E-state index in [1.54, 1.807) is 24.3 Å². The summed E-state index contributed by atoms with van der Waals surface area (Å²) < 4.78 is 27.3. The summed E-state index contributed by atoms with van der Waals surface area (Å²) in [5.74, 6) is 0.0764. The Morgan fingerprint density at radius 2 is 1.94 bits per heavy atom. The Labute approximate surface area is 117 Å². The highest BCUT2D eigenvalue weighted by molar-refractivity contribution is 9.11. The third kappa shape index (κ3) is 3.11. The molecule has 0 amide bonds. The number of thiophene rings is 1. The minimum Gasteiger partial charge on any atom is -0.508 e. The number of nitrogens with one attached hydrogen (secondary N) is 1. The van der Waals surface area contributed by atoms with Gasteiger partial charge in [-0.2, -0.15) is 0 Å². The van der Waals surface area contributed by atoms with E-state index in [1.165, 1.54) is 12.1 Å². The van der Waals surface area contributed by atoms with Gasteiger partial charge in [-0.3, -0.25) is 0 Å². The van der Waals surface area contributed by atoms with Crippen molar-refractivity contribution in [3.63, 3.8) is 0 Å². The van der Waals surface area contributed by atoms with E-state index in [0.717, 1.165) is 15.1 Å². The minimum atomic E-state index is -3.53. The molecule has 7 heteroatoms. The average molecular weight is 348 g/mol. The zero-order valence-corrected chi connectivity index (χ0v) is 12.3. The fraction of sp³-hybridized carbons (Fsp3) is 0.0909. The van der Waals surface area contributed by atoms with Crippen molar-refractivity contribution >= 4 is 37.3 Å². The molecule has 0 fully saturated rings. The van der Waals surface area contributed by atoms with Crippen molar-refractivity contribution in [2.45, 2.75) is 10.8 Å². The van der Waals surface area contributed by atoms with Crippen LogP contribution in [0.4, 0.5) is 0 Å². The lowest BCUT2D eigenvalue weighted by Gasteiger charge is -2.06. The highest BCUT2D eigenvalue weighted by Gasteiger charge is 2.16. The predicted molar refractivity (Wildman–Crippen MR) is 74.2 cm³/mol. The zero-order valence-electron chi connectivity index (χ0n) is 9.13. The molecular formula is C11H10BrNO3S2. The van der Waals surface area contributed by atoms with Gasteiger partial charge in [0.25, 0.3) is 0 Å². The minimum absolute atomic E-state index is 0.0600. The van der Waals surface area contributed by atoms with Crippen molar-refractivity contribution in [2.75, 3.05) is 0 Å². The summed E-state index contributed by atoms with van der Waals surface area (Å²) in [5, 5.41) is 9.54. The van der Waals surface area contributed by atoms with Crippen molar-refractivity contribution in [3.8, 4) is 5.75 Å². The summed E-state index contributed by atoms with van der Waals surface area (Å²) >= 11 is 4.36. The summed E-state index contributed by atoms with van der Waals surface area (Å²) in [6.45, 7) is 0.0600. The van der Waals surface area contributed by atoms with Crippen LogP contribution < -0.4 is 4.72 Å². The van der Waals surface area contributed by atoms with Crippen LogP contribution in [0.15, 0.2) is 44.4 Å². The van der Waals surface area contributed by atoms with Crippen LogP contribution in [0.25, 0.3) is 0 Å². The van der Waals surface area contributed by atoms with Gasteiger partial charge in [-0.05, 0) is 34.1 Å². The van der Waals surface area contributed by atoms with Gasteiger partial charge in [-0.25, -0.2) is 13.1 Å². The first-order valence-electron chi connectivity index (χ1n) is 5.01. The molecule has 96 valence electrons. The molecule has 1 aromatic heterocycles. The molecule has 0 radical (unpaired) electrons. The molecule has 0 aliphatic heterocycles. The average Bonchev–Trinajstić information content (AvgIpc) is 2.76. The van der Waals surface area contributed by atoms with E-state index in [1.807, 2.05) is 0 Å². The number of hydrogen-bond donors (Lipinski definition) is 2. The Morgan fingerprint density at radius 1 is 1.22 bits per heavy atom. The molecule has 18 heavy (non-hydrogen) atoms. The molecule has 0 aliphatic carbocycles. The highest BCUT2D eigenvalue weighted by Crippen LogP contribution is 2.26. The summed E-state index contributed by atoms with van der Waals surface area (Å²) in [7, 11) is -3.53. The quantitative estimate of drug-likeness (QED) is 0.893. The Bertz CT molecular complexity index is 652. The number of halogens is 1. The fourth-order valence-electron chi connectivity index (χ4n) is 1.35. The molecule has 2 N–H and O–H groups in total. The SMILES string of the molecule is O=S(=O)(NCc1ccccc1O)c1ccc(Br)s1. The number of rotatable bonds is 4. The molecular weight excluding hydrogens is 338 g/mol. The largest absolute Gasteiger partial charge is 0.508 e. The van der Waals surface area contributed by atoms with Crippen LogP contribution in [0, 0.1) is 0 Å². The molecule has 0 spiro atoms. The first-order chi connectivity index (χ1) is 8.49. The van der Waals surface area contributed by atoms with Gasteiger partial charge in [0.2, 0.25) is 10.0 Å². The summed E-state index contributed by atoms with van der Waals surface area (Å²) in [4.78, 5) is 0. The molecule has 2 aromatic rings. The third-order valence-electron chi connectivity index (χ3n) is 2.26. The molecule has 1 heterocycles. The van der Waals surface area contributed by atoms with Crippen LogP contribution in [0.3, 0.4) is 0 Å². The fourth-order valence-corrected chi connectivity index (χ4v) is 4.41. The molecule has 0 aliphatic rings. The molecule has 0 unspecified atom stereocenters. The maximum Gasteiger partial charge on any atom is 0.250 e. The van der Waals surface area contributed by atoms with Crippen LogP contribution in [-0.2, 0) is 16.6 Å². The van der Waals surface area contributed by atoms with Crippen molar-refractivity contribution in [3.05, 3.63) is 45.7 Å². The first-order valence-corrected chi connectivity index (χ1v) is 8.10. The maximum atomic E-state index is 11.9. The Kier molecular flexibility index (Phi) is 4.06. The van der Waals surface area contributed by atoms with Crippen LogP contribution in [-0.4, -0.2) is 13.5 Å². The Morgan fingerprint density at radius 3 is 2.56 bits per heavy atom. The molecule has 0 saturated heterocycles. The van der Waals surface area contributed by atoms with E-state index >= 15 is 0 Å². The zero-order chi connectivity index (χ0) is 13.2. The van der Waals surface area contributed by atoms with Crippen LogP contribution in [0.2, 0.25) is 0 Å². The molecule has 0 bridgehead atoms. The summed E-state index contributed by atoms with van der Waals surface area (Å²) in [5.41, 5.74) is 0.539. The highest BCUT2D eigenvalue weighted by atomic mass is 79.9. The second-order valence-corrected chi connectivity index (χ2v) is 7.97. The number of benzene rings is 1. The van der Waals surface area contributed by atoms with Gasteiger partial charge in [0.15, 0.2) is 0 Å². The third-order valence-corrected chi connectivity index (χ3v) is 5.77. The number of para-hydroxylation sites is 1. The van der Waals surface area contributed by atoms with E-state index in [9.17, 15) is 13.5 Å². The second kappa shape index (κ2) is 5.40. The summed E-state index contributed by atoms with van der Waals surface area (Å²) in [6.07, 6.45) is 0.